The molecule has 0 saturated carbocycles. The Kier molecular flexibility index (Phi) is 4.58. The highest BCUT2D eigenvalue weighted by atomic mass is 79.9. The van der Waals surface area contributed by atoms with E-state index in [9.17, 15) is 4.79 Å². The molecule has 2 aromatic carbocycles. The number of rotatable bonds is 4. The van der Waals surface area contributed by atoms with Crippen molar-refractivity contribution in [3.05, 3.63) is 59.7 Å². The number of hydrogen-bond acceptors (Lipinski definition) is 2. The molecule has 0 unspecified atom stereocenters. The first-order valence-corrected chi connectivity index (χ1v) is 6.98. The Labute approximate surface area is 120 Å². The first-order valence-electron chi connectivity index (χ1n) is 5.86. The number of ether oxygens (including phenoxy) is 1. The van der Waals surface area contributed by atoms with E-state index in [0.29, 0.717) is 11.1 Å². The molecule has 0 fully saturated rings. The molecule has 1 amide bonds. The van der Waals surface area contributed by atoms with Crippen LogP contribution in [0.1, 0.15) is 15.9 Å². The molecule has 2 rings (SSSR count). The summed E-state index contributed by atoms with van der Waals surface area (Å²) >= 11 is 3.18. The fraction of sp³-hybridized carbons (Fsp3) is 0.133. The van der Waals surface area contributed by atoms with Gasteiger partial charge in [-0.2, -0.15) is 0 Å². The van der Waals surface area contributed by atoms with Crippen LogP contribution < -0.4 is 10.1 Å². The van der Waals surface area contributed by atoms with E-state index in [4.69, 9.17) is 4.74 Å². The minimum absolute atomic E-state index is 0.125. The number of amides is 1. The Morgan fingerprint density at radius 3 is 2.47 bits per heavy atom. The maximum absolute atomic E-state index is 12.1. The number of hydrogen-bond donors (Lipinski definition) is 1. The number of halogens is 1. The second kappa shape index (κ2) is 6.38. The molecule has 0 saturated heterocycles. The largest absolute Gasteiger partial charge is 0.482 e. The van der Waals surface area contributed by atoms with Gasteiger partial charge in [0.05, 0.1) is 0 Å². The van der Waals surface area contributed by atoms with Gasteiger partial charge in [0, 0.05) is 11.3 Å². The lowest BCUT2D eigenvalue weighted by molar-refractivity contribution is 0.102. The topological polar surface area (TPSA) is 38.3 Å². The number of carbonyl (C=O) groups excluding carboxylic acids is 1. The summed E-state index contributed by atoms with van der Waals surface area (Å²) in [5.41, 5.74) is 2.90. The van der Waals surface area contributed by atoms with E-state index in [0.717, 1.165) is 17.0 Å². The van der Waals surface area contributed by atoms with Gasteiger partial charge in [0.25, 0.3) is 5.91 Å². The molecule has 0 aliphatic heterocycles. The molecule has 0 bridgehead atoms. The molecule has 2 aromatic rings. The van der Waals surface area contributed by atoms with Gasteiger partial charge < -0.3 is 10.1 Å². The van der Waals surface area contributed by atoms with Gasteiger partial charge in [0.15, 0.2) is 0 Å². The van der Waals surface area contributed by atoms with Crippen LogP contribution in [0.15, 0.2) is 48.5 Å². The Morgan fingerprint density at radius 1 is 1.16 bits per heavy atom. The average molecular weight is 320 g/mol. The minimum Gasteiger partial charge on any atom is -0.482 e. The molecule has 19 heavy (non-hydrogen) atoms. The summed E-state index contributed by atoms with van der Waals surface area (Å²) < 4.78 is 5.26. The predicted octanol–water partition coefficient (Wildman–Crippen LogP) is 3.98. The number of aryl methyl sites for hydroxylation is 1. The summed E-state index contributed by atoms with van der Waals surface area (Å²) in [5.74, 6) is 0.601. The van der Waals surface area contributed by atoms with Gasteiger partial charge in [-0.15, -0.1) is 0 Å². The molecule has 0 spiro atoms. The van der Waals surface area contributed by atoms with Crippen molar-refractivity contribution in [3.63, 3.8) is 0 Å². The van der Waals surface area contributed by atoms with E-state index in [-0.39, 0.29) is 5.91 Å². The zero-order valence-electron chi connectivity index (χ0n) is 10.5. The van der Waals surface area contributed by atoms with Crippen molar-refractivity contribution >= 4 is 27.5 Å². The molecule has 3 nitrogen and oxygen atoms in total. The number of carbonyl (C=O) groups is 1. The molecular weight excluding hydrogens is 306 g/mol. The summed E-state index contributed by atoms with van der Waals surface area (Å²) in [6, 6.07) is 14.7. The molecule has 0 atom stereocenters. The van der Waals surface area contributed by atoms with E-state index < -0.39 is 0 Å². The zero-order valence-corrected chi connectivity index (χ0v) is 12.1. The zero-order chi connectivity index (χ0) is 13.7. The highest BCUT2D eigenvalue weighted by Crippen LogP contribution is 2.17. The van der Waals surface area contributed by atoms with Gasteiger partial charge in [-0.3, -0.25) is 4.79 Å². The van der Waals surface area contributed by atoms with Crippen molar-refractivity contribution in [2.24, 2.45) is 0 Å². The number of anilines is 1. The van der Waals surface area contributed by atoms with Crippen molar-refractivity contribution < 1.29 is 9.53 Å². The Morgan fingerprint density at radius 2 is 1.84 bits per heavy atom. The second-order valence-corrected chi connectivity index (χ2v) is 4.50. The van der Waals surface area contributed by atoms with E-state index >= 15 is 0 Å². The van der Waals surface area contributed by atoms with Gasteiger partial charge in [-0.05, 0) is 58.7 Å². The van der Waals surface area contributed by atoms with Crippen molar-refractivity contribution in [2.45, 2.75) is 6.92 Å². The van der Waals surface area contributed by atoms with E-state index in [2.05, 4.69) is 21.2 Å². The minimum atomic E-state index is -0.125. The predicted molar refractivity (Wildman–Crippen MR) is 80.0 cm³/mol. The highest BCUT2D eigenvalue weighted by Gasteiger charge is 2.07. The van der Waals surface area contributed by atoms with Crippen molar-refractivity contribution in [3.8, 4) is 5.75 Å². The van der Waals surface area contributed by atoms with Gasteiger partial charge in [-0.1, -0.05) is 18.2 Å². The highest BCUT2D eigenvalue weighted by molar-refractivity contribution is 9.09. The quantitative estimate of drug-likeness (QED) is 0.866. The van der Waals surface area contributed by atoms with Crippen molar-refractivity contribution in [1.82, 2.24) is 0 Å². The van der Waals surface area contributed by atoms with Crippen LogP contribution in [0.25, 0.3) is 0 Å². The number of nitrogens with one attached hydrogen (secondary N) is 1. The van der Waals surface area contributed by atoms with Crippen molar-refractivity contribution in [1.29, 1.82) is 0 Å². The maximum Gasteiger partial charge on any atom is 0.255 e. The van der Waals surface area contributed by atoms with E-state index in [1.54, 1.807) is 24.3 Å². The lowest BCUT2D eigenvalue weighted by Gasteiger charge is -2.08. The molecule has 98 valence electrons. The van der Waals surface area contributed by atoms with Gasteiger partial charge in [-0.25, -0.2) is 0 Å². The SMILES string of the molecule is Cc1ccccc1NC(=O)c1ccc(OCBr)cc1. The van der Waals surface area contributed by atoms with Crippen LogP contribution in [0, 0.1) is 6.92 Å². The van der Waals surface area contributed by atoms with Crippen LogP contribution in [-0.2, 0) is 0 Å². The molecular formula is C15H14BrNO2. The summed E-state index contributed by atoms with van der Waals surface area (Å²) in [6.45, 7) is 1.96. The Bertz CT molecular complexity index is 567. The molecule has 4 heteroatoms. The third kappa shape index (κ3) is 3.58. The number of para-hydroxylation sites is 1. The molecule has 0 aliphatic carbocycles. The first-order chi connectivity index (χ1) is 9.20. The lowest BCUT2D eigenvalue weighted by atomic mass is 10.1. The Balaban J connectivity index is 2.10. The van der Waals surface area contributed by atoms with Crippen molar-refractivity contribution in [2.75, 3.05) is 10.8 Å². The van der Waals surface area contributed by atoms with Crippen LogP contribution in [0.2, 0.25) is 0 Å². The Hall–Kier alpha value is -1.81. The maximum atomic E-state index is 12.1. The van der Waals surface area contributed by atoms with Crippen LogP contribution in [0.3, 0.4) is 0 Å². The molecule has 0 radical (unpaired) electrons. The molecule has 0 heterocycles. The lowest BCUT2D eigenvalue weighted by Crippen LogP contribution is -2.12. The van der Waals surface area contributed by atoms with E-state index in [1.165, 1.54) is 0 Å². The normalized spacial score (nSPS) is 10.0. The molecule has 0 aliphatic rings. The van der Waals surface area contributed by atoms with Crippen LogP contribution in [0.4, 0.5) is 5.69 Å². The smallest absolute Gasteiger partial charge is 0.255 e. The fourth-order valence-corrected chi connectivity index (χ4v) is 1.94. The monoisotopic (exact) mass is 319 g/mol. The summed E-state index contributed by atoms with van der Waals surface area (Å²) in [6.07, 6.45) is 0. The second-order valence-electron chi connectivity index (χ2n) is 4.05. The number of benzene rings is 2. The summed E-state index contributed by atoms with van der Waals surface area (Å²) in [5, 5.41) is 2.89. The van der Waals surface area contributed by atoms with Gasteiger partial charge in [0.2, 0.25) is 0 Å². The van der Waals surface area contributed by atoms with Crippen LogP contribution in [-0.4, -0.2) is 11.4 Å². The average Bonchev–Trinajstić information content (AvgIpc) is 2.42. The number of alkyl halides is 1. The van der Waals surface area contributed by atoms with Crippen LogP contribution in [0.5, 0.6) is 5.75 Å². The standard InChI is InChI=1S/C15H14BrNO2/c1-11-4-2-3-5-14(11)17-15(18)12-6-8-13(9-7-12)19-10-16/h2-9H,10H2,1H3,(H,17,18). The van der Waals surface area contributed by atoms with E-state index in [1.807, 2.05) is 31.2 Å². The third-order valence-corrected chi connectivity index (χ3v) is 2.96. The van der Waals surface area contributed by atoms with Crippen LogP contribution >= 0.6 is 15.9 Å². The summed E-state index contributed by atoms with van der Waals surface area (Å²) in [7, 11) is 0. The van der Waals surface area contributed by atoms with Gasteiger partial charge in [0.1, 0.15) is 11.3 Å². The molecule has 0 aromatic heterocycles. The molecule has 1 N–H and O–H groups in total. The third-order valence-electron chi connectivity index (χ3n) is 2.73. The summed E-state index contributed by atoms with van der Waals surface area (Å²) in [4.78, 5) is 12.1. The fourth-order valence-electron chi connectivity index (χ4n) is 1.67. The van der Waals surface area contributed by atoms with Gasteiger partial charge >= 0.3 is 0 Å². The first kappa shape index (κ1) is 13.6.